The molecule has 0 unspecified atom stereocenters. The molecule has 0 aliphatic rings. The molecule has 0 aliphatic heterocycles. The van der Waals surface area contributed by atoms with Crippen molar-refractivity contribution >= 4 is 54.3 Å². The number of hydrogen-bond acceptors (Lipinski definition) is 2. The third-order valence-electron chi connectivity index (χ3n) is 6.83. The molecule has 6 aromatic carbocycles. The van der Waals surface area contributed by atoms with Gasteiger partial charge in [-0.1, -0.05) is 84.9 Å². The number of para-hydroxylation sites is 1. The molecule has 0 aliphatic carbocycles. The van der Waals surface area contributed by atoms with Crippen molar-refractivity contribution in [3.05, 3.63) is 109 Å². The zero-order chi connectivity index (χ0) is 21.9. The Hall–Kier alpha value is -4.14. The molecule has 2 nitrogen and oxygen atoms in total. The fourth-order valence-corrected chi connectivity index (χ4v) is 5.36. The van der Waals surface area contributed by atoms with Gasteiger partial charge in [-0.25, -0.2) is 0 Å². The summed E-state index contributed by atoms with van der Waals surface area (Å²) in [5.41, 5.74) is 11.3. The molecule has 0 bridgehead atoms. The summed E-state index contributed by atoms with van der Waals surface area (Å²) < 4.78 is 6.62. The SMILES string of the molecule is NCc1cccc(-c2cc3c4ccccc4c4ccccc4c3c3oc4ccccc4c23)c1. The first kappa shape index (κ1) is 18.4. The van der Waals surface area contributed by atoms with Crippen LogP contribution in [-0.4, -0.2) is 0 Å². The van der Waals surface area contributed by atoms with E-state index >= 15 is 0 Å². The maximum atomic E-state index is 6.62. The van der Waals surface area contributed by atoms with Gasteiger partial charge in [0.25, 0.3) is 0 Å². The van der Waals surface area contributed by atoms with Crippen molar-refractivity contribution < 1.29 is 4.42 Å². The van der Waals surface area contributed by atoms with Gasteiger partial charge < -0.3 is 10.2 Å². The minimum atomic E-state index is 0.518. The van der Waals surface area contributed by atoms with Crippen LogP contribution in [-0.2, 0) is 6.54 Å². The van der Waals surface area contributed by atoms with Crippen LogP contribution in [0.2, 0.25) is 0 Å². The van der Waals surface area contributed by atoms with E-state index in [-0.39, 0.29) is 0 Å². The summed E-state index contributed by atoms with van der Waals surface area (Å²) in [5, 5.41) is 9.66. The Kier molecular flexibility index (Phi) is 3.87. The van der Waals surface area contributed by atoms with E-state index in [4.69, 9.17) is 10.2 Å². The predicted octanol–water partition coefficient (Wildman–Crippen LogP) is 8.17. The number of benzene rings is 6. The highest BCUT2D eigenvalue weighted by molar-refractivity contribution is 6.34. The van der Waals surface area contributed by atoms with Gasteiger partial charge >= 0.3 is 0 Å². The molecule has 1 aromatic heterocycles. The highest BCUT2D eigenvalue weighted by Gasteiger charge is 2.19. The average molecular weight is 424 g/mol. The largest absolute Gasteiger partial charge is 0.455 e. The quantitative estimate of drug-likeness (QED) is 0.285. The van der Waals surface area contributed by atoms with Gasteiger partial charge in [0.15, 0.2) is 0 Å². The highest BCUT2D eigenvalue weighted by atomic mass is 16.3. The van der Waals surface area contributed by atoms with Crippen LogP contribution < -0.4 is 5.73 Å². The van der Waals surface area contributed by atoms with Crippen molar-refractivity contribution in [2.45, 2.75) is 6.54 Å². The van der Waals surface area contributed by atoms with E-state index in [1.165, 1.54) is 37.9 Å². The maximum absolute atomic E-state index is 6.62. The zero-order valence-corrected chi connectivity index (χ0v) is 18.0. The van der Waals surface area contributed by atoms with Crippen LogP contribution in [0.5, 0.6) is 0 Å². The second-order valence-corrected chi connectivity index (χ2v) is 8.64. The summed E-state index contributed by atoms with van der Waals surface area (Å²) in [5.74, 6) is 0. The van der Waals surface area contributed by atoms with Crippen LogP contribution in [0.1, 0.15) is 5.56 Å². The van der Waals surface area contributed by atoms with Crippen molar-refractivity contribution in [3.8, 4) is 11.1 Å². The molecule has 0 radical (unpaired) electrons. The molecule has 156 valence electrons. The standard InChI is InChI=1S/C31H21NO/c32-18-19-8-7-9-20(16-19)26-17-27-23-12-2-1-10-21(23)22-11-3-4-13-24(22)29(27)31-30(26)25-14-5-6-15-28(25)33-31/h1-17H,18,32H2. The molecule has 7 rings (SSSR count). The monoisotopic (exact) mass is 423 g/mol. The Labute approximate surface area is 190 Å². The summed E-state index contributed by atoms with van der Waals surface area (Å²) in [6, 6.07) is 36.6. The van der Waals surface area contributed by atoms with E-state index in [2.05, 4.69) is 97.1 Å². The Morgan fingerprint density at radius 1 is 0.545 bits per heavy atom. The van der Waals surface area contributed by atoms with Gasteiger partial charge in [-0.3, -0.25) is 0 Å². The van der Waals surface area contributed by atoms with Gasteiger partial charge in [0, 0.05) is 22.7 Å². The van der Waals surface area contributed by atoms with E-state index in [1.54, 1.807) is 0 Å². The minimum Gasteiger partial charge on any atom is -0.455 e. The number of hydrogen-bond donors (Lipinski definition) is 1. The molecule has 2 heteroatoms. The van der Waals surface area contributed by atoms with Gasteiger partial charge in [-0.15, -0.1) is 0 Å². The second-order valence-electron chi connectivity index (χ2n) is 8.64. The lowest BCUT2D eigenvalue weighted by molar-refractivity contribution is 0.673. The summed E-state index contributed by atoms with van der Waals surface area (Å²) >= 11 is 0. The third kappa shape index (κ3) is 2.59. The Morgan fingerprint density at radius 3 is 1.94 bits per heavy atom. The topological polar surface area (TPSA) is 39.2 Å². The van der Waals surface area contributed by atoms with E-state index in [1.807, 2.05) is 6.07 Å². The molecule has 2 N–H and O–H groups in total. The van der Waals surface area contributed by atoms with Crippen LogP contribution in [0.15, 0.2) is 108 Å². The molecule has 0 saturated carbocycles. The summed E-state index contributed by atoms with van der Waals surface area (Å²) in [6.45, 7) is 0.518. The molecule has 0 saturated heterocycles. The fourth-order valence-electron chi connectivity index (χ4n) is 5.36. The molecular weight excluding hydrogens is 402 g/mol. The molecule has 0 amide bonds. The van der Waals surface area contributed by atoms with Crippen molar-refractivity contribution in [1.82, 2.24) is 0 Å². The number of fused-ring (bicyclic) bond motifs is 10. The number of nitrogens with two attached hydrogens (primary N) is 1. The molecule has 0 spiro atoms. The lowest BCUT2D eigenvalue weighted by atomic mass is 9.89. The molecule has 7 aromatic rings. The van der Waals surface area contributed by atoms with Gasteiger partial charge in [0.2, 0.25) is 0 Å². The first-order valence-electron chi connectivity index (χ1n) is 11.3. The van der Waals surface area contributed by atoms with Crippen LogP contribution in [0.3, 0.4) is 0 Å². The molecule has 1 heterocycles. The molecule has 33 heavy (non-hydrogen) atoms. The smallest absolute Gasteiger partial charge is 0.144 e. The van der Waals surface area contributed by atoms with E-state index in [0.29, 0.717) is 6.54 Å². The zero-order valence-electron chi connectivity index (χ0n) is 18.0. The van der Waals surface area contributed by atoms with Gasteiger partial charge in [0.1, 0.15) is 11.2 Å². The summed E-state index contributed by atoms with van der Waals surface area (Å²) in [7, 11) is 0. The Morgan fingerprint density at radius 2 is 1.18 bits per heavy atom. The molecule has 0 atom stereocenters. The first-order chi connectivity index (χ1) is 16.3. The molecule has 0 fully saturated rings. The van der Waals surface area contributed by atoms with Crippen LogP contribution >= 0.6 is 0 Å². The maximum Gasteiger partial charge on any atom is 0.144 e. The normalized spacial score (nSPS) is 11.9. The minimum absolute atomic E-state index is 0.518. The van der Waals surface area contributed by atoms with Crippen LogP contribution in [0.25, 0.3) is 65.4 Å². The third-order valence-corrected chi connectivity index (χ3v) is 6.83. The van der Waals surface area contributed by atoms with Crippen molar-refractivity contribution in [2.75, 3.05) is 0 Å². The first-order valence-corrected chi connectivity index (χ1v) is 11.3. The Bertz CT molecular complexity index is 1860. The van der Waals surface area contributed by atoms with E-state index < -0.39 is 0 Å². The lowest BCUT2D eigenvalue weighted by Gasteiger charge is -2.14. The summed E-state index contributed by atoms with van der Waals surface area (Å²) in [6.07, 6.45) is 0. The fraction of sp³-hybridized carbons (Fsp3) is 0.0323. The number of furan rings is 1. The Balaban J connectivity index is 1.80. The van der Waals surface area contributed by atoms with Crippen molar-refractivity contribution in [2.24, 2.45) is 5.73 Å². The van der Waals surface area contributed by atoms with Gasteiger partial charge in [-0.2, -0.15) is 0 Å². The van der Waals surface area contributed by atoms with Gasteiger partial charge in [0.05, 0.1) is 0 Å². The predicted molar refractivity (Wildman–Crippen MR) is 140 cm³/mol. The van der Waals surface area contributed by atoms with Gasteiger partial charge in [-0.05, 0) is 61.8 Å². The second kappa shape index (κ2) is 6.93. The van der Waals surface area contributed by atoms with Crippen LogP contribution in [0, 0.1) is 0 Å². The van der Waals surface area contributed by atoms with Crippen molar-refractivity contribution in [3.63, 3.8) is 0 Å². The van der Waals surface area contributed by atoms with Crippen molar-refractivity contribution in [1.29, 1.82) is 0 Å². The highest BCUT2D eigenvalue weighted by Crippen LogP contribution is 2.46. The average Bonchev–Trinajstić information content (AvgIpc) is 3.28. The summed E-state index contributed by atoms with van der Waals surface area (Å²) in [4.78, 5) is 0. The lowest BCUT2D eigenvalue weighted by Crippen LogP contribution is -1.96. The number of rotatable bonds is 2. The van der Waals surface area contributed by atoms with E-state index in [0.717, 1.165) is 33.1 Å². The van der Waals surface area contributed by atoms with Crippen LogP contribution in [0.4, 0.5) is 0 Å². The van der Waals surface area contributed by atoms with E-state index in [9.17, 15) is 0 Å². The molecular formula is C31H21NO.